The minimum atomic E-state index is -0.282. The fraction of sp³-hybridized carbons (Fsp3) is 0.550. The molecule has 2 heterocycles. The molecular formula is C20H26N4O3. The number of carbonyl (C=O) groups excluding carboxylic acids is 3. The van der Waals surface area contributed by atoms with Crippen LogP contribution in [-0.4, -0.2) is 60.9 Å². The first kappa shape index (κ1) is 18.0. The van der Waals surface area contributed by atoms with Gasteiger partial charge in [-0.25, -0.2) is 0 Å². The molecule has 3 fully saturated rings. The highest BCUT2D eigenvalue weighted by atomic mass is 16.2. The third-order valence-corrected chi connectivity index (χ3v) is 5.57. The van der Waals surface area contributed by atoms with Crippen LogP contribution in [0.5, 0.6) is 0 Å². The Labute approximate surface area is 159 Å². The Hall–Kier alpha value is -2.41. The van der Waals surface area contributed by atoms with E-state index in [1.807, 2.05) is 0 Å². The largest absolute Gasteiger partial charge is 0.350 e. The SMILES string of the molecule is O=C(CNC(=O)c1ccc(N2CCCC2=O)cc1)NC1CCN(C2CC2)C1. The molecule has 1 atom stereocenters. The second-order valence-corrected chi connectivity index (χ2v) is 7.66. The summed E-state index contributed by atoms with van der Waals surface area (Å²) >= 11 is 0. The minimum absolute atomic E-state index is 0.0227. The molecule has 0 spiro atoms. The van der Waals surface area contributed by atoms with Crippen LogP contribution < -0.4 is 15.5 Å². The highest BCUT2D eigenvalue weighted by molar-refractivity contribution is 5.98. The average Bonchev–Trinajstić information content (AvgIpc) is 3.28. The molecule has 2 aliphatic heterocycles. The van der Waals surface area contributed by atoms with Crippen molar-refractivity contribution >= 4 is 23.4 Å². The summed E-state index contributed by atoms with van der Waals surface area (Å²) in [6.07, 6.45) is 4.99. The van der Waals surface area contributed by atoms with E-state index in [0.29, 0.717) is 12.0 Å². The molecule has 0 aromatic heterocycles. The Morgan fingerprint density at radius 1 is 1.07 bits per heavy atom. The van der Waals surface area contributed by atoms with E-state index in [1.165, 1.54) is 12.8 Å². The molecule has 0 radical (unpaired) electrons. The topological polar surface area (TPSA) is 81.8 Å². The summed E-state index contributed by atoms with van der Waals surface area (Å²) in [6.45, 7) is 2.67. The summed E-state index contributed by atoms with van der Waals surface area (Å²) in [5, 5.41) is 5.68. The van der Waals surface area contributed by atoms with Gasteiger partial charge in [0.25, 0.3) is 5.91 Å². The first-order chi connectivity index (χ1) is 13.1. The standard InChI is InChI=1S/C20H26N4O3/c25-18(22-15-9-11-23(13-15)16-7-8-16)12-21-20(27)14-3-5-17(6-4-14)24-10-1-2-19(24)26/h3-6,15-16H,1-2,7-13H2,(H,21,27)(H,22,25). The fourth-order valence-corrected chi connectivity index (χ4v) is 3.93. The van der Waals surface area contributed by atoms with Crippen LogP contribution in [0.3, 0.4) is 0 Å². The highest BCUT2D eigenvalue weighted by Crippen LogP contribution is 2.29. The minimum Gasteiger partial charge on any atom is -0.350 e. The van der Waals surface area contributed by atoms with Crippen LogP contribution in [-0.2, 0) is 9.59 Å². The second-order valence-electron chi connectivity index (χ2n) is 7.66. The van der Waals surface area contributed by atoms with Crippen molar-refractivity contribution in [2.24, 2.45) is 0 Å². The third-order valence-electron chi connectivity index (χ3n) is 5.57. The monoisotopic (exact) mass is 370 g/mol. The van der Waals surface area contributed by atoms with Gasteiger partial charge in [-0.15, -0.1) is 0 Å². The maximum absolute atomic E-state index is 12.3. The summed E-state index contributed by atoms with van der Waals surface area (Å²) in [5.74, 6) is -0.309. The van der Waals surface area contributed by atoms with Crippen LogP contribution in [0.1, 0.15) is 42.5 Å². The predicted molar refractivity (Wildman–Crippen MR) is 102 cm³/mol. The Morgan fingerprint density at radius 2 is 1.85 bits per heavy atom. The lowest BCUT2D eigenvalue weighted by molar-refractivity contribution is -0.120. The Morgan fingerprint density at radius 3 is 2.52 bits per heavy atom. The molecule has 2 N–H and O–H groups in total. The van der Waals surface area contributed by atoms with Gasteiger partial charge in [-0.2, -0.15) is 0 Å². The maximum Gasteiger partial charge on any atom is 0.251 e. The van der Waals surface area contributed by atoms with Gasteiger partial charge >= 0.3 is 0 Å². The van der Waals surface area contributed by atoms with Crippen molar-refractivity contribution < 1.29 is 14.4 Å². The molecule has 144 valence electrons. The molecule has 27 heavy (non-hydrogen) atoms. The number of hydrogen-bond acceptors (Lipinski definition) is 4. The Balaban J connectivity index is 1.23. The Kier molecular flexibility index (Phi) is 5.11. The number of amides is 3. The smallest absolute Gasteiger partial charge is 0.251 e. The van der Waals surface area contributed by atoms with Gasteiger partial charge in [0.05, 0.1) is 6.54 Å². The van der Waals surface area contributed by atoms with E-state index in [-0.39, 0.29) is 30.3 Å². The average molecular weight is 370 g/mol. The zero-order valence-electron chi connectivity index (χ0n) is 15.4. The van der Waals surface area contributed by atoms with E-state index in [9.17, 15) is 14.4 Å². The summed E-state index contributed by atoms with van der Waals surface area (Å²) in [6, 6.07) is 7.86. The lowest BCUT2D eigenvalue weighted by atomic mass is 10.2. The molecule has 3 amide bonds. The van der Waals surface area contributed by atoms with Gasteiger partial charge in [-0.05, 0) is 49.9 Å². The van der Waals surface area contributed by atoms with Crippen molar-refractivity contribution in [1.29, 1.82) is 0 Å². The van der Waals surface area contributed by atoms with Crippen molar-refractivity contribution in [2.75, 3.05) is 31.1 Å². The lowest BCUT2D eigenvalue weighted by Crippen LogP contribution is -2.43. The van der Waals surface area contributed by atoms with Crippen LogP contribution in [0.25, 0.3) is 0 Å². The van der Waals surface area contributed by atoms with Crippen molar-refractivity contribution in [2.45, 2.75) is 44.2 Å². The second kappa shape index (κ2) is 7.68. The van der Waals surface area contributed by atoms with E-state index in [2.05, 4.69) is 15.5 Å². The molecule has 7 heteroatoms. The number of benzene rings is 1. The quantitative estimate of drug-likeness (QED) is 0.779. The van der Waals surface area contributed by atoms with E-state index in [4.69, 9.17) is 0 Å². The number of nitrogens with zero attached hydrogens (tertiary/aromatic N) is 2. The van der Waals surface area contributed by atoms with E-state index in [1.54, 1.807) is 29.2 Å². The van der Waals surface area contributed by atoms with Crippen LogP contribution in [0.2, 0.25) is 0 Å². The zero-order chi connectivity index (χ0) is 18.8. The third kappa shape index (κ3) is 4.30. The lowest BCUT2D eigenvalue weighted by Gasteiger charge is -2.16. The van der Waals surface area contributed by atoms with Gasteiger partial charge in [-0.3, -0.25) is 19.3 Å². The van der Waals surface area contributed by atoms with Crippen molar-refractivity contribution in [3.8, 4) is 0 Å². The molecule has 1 aromatic carbocycles. The molecule has 1 aliphatic carbocycles. The van der Waals surface area contributed by atoms with Gasteiger partial charge in [0.1, 0.15) is 0 Å². The van der Waals surface area contributed by atoms with Crippen LogP contribution in [0.4, 0.5) is 5.69 Å². The van der Waals surface area contributed by atoms with Crippen LogP contribution in [0.15, 0.2) is 24.3 Å². The van der Waals surface area contributed by atoms with Crippen molar-refractivity contribution in [3.05, 3.63) is 29.8 Å². The van der Waals surface area contributed by atoms with Crippen molar-refractivity contribution in [3.63, 3.8) is 0 Å². The van der Waals surface area contributed by atoms with Crippen LogP contribution in [0, 0.1) is 0 Å². The summed E-state index contributed by atoms with van der Waals surface area (Å²) in [5.41, 5.74) is 1.30. The first-order valence-electron chi connectivity index (χ1n) is 9.82. The molecule has 0 bridgehead atoms. The molecule has 4 rings (SSSR count). The number of rotatable bonds is 6. The maximum atomic E-state index is 12.3. The summed E-state index contributed by atoms with van der Waals surface area (Å²) in [7, 11) is 0. The molecule has 1 saturated carbocycles. The van der Waals surface area contributed by atoms with Crippen LogP contribution >= 0.6 is 0 Å². The summed E-state index contributed by atoms with van der Waals surface area (Å²) < 4.78 is 0. The zero-order valence-corrected chi connectivity index (χ0v) is 15.4. The number of anilines is 1. The molecule has 1 unspecified atom stereocenters. The Bertz CT molecular complexity index is 729. The number of nitrogens with one attached hydrogen (secondary N) is 2. The molecule has 7 nitrogen and oxygen atoms in total. The fourth-order valence-electron chi connectivity index (χ4n) is 3.93. The van der Waals surface area contributed by atoms with Gasteiger partial charge in [0.2, 0.25) is 11.8 Å². The number of hydrogen-bond donors (Lipinski definition) is 2. The molecular weight excluding hydrogens is 344 g/mol. The molecule has 3 aliphatic rings. The number of likely N-dealkylation sites (tertiary alicyclic amines) is 1. The van der Waals surface area contributed by atoms with E-state index in [0.717, 1.165) is 44.2 Å². The van der Waals surface area contributed by atoms with Gasteiger partial charge in [-0.1, -0.05) is 0 Å². The van der Waals surface area contributed by atoms with Gasteiger partial charge in [0, 0.05) is 49.4 Å². The highest BCUT2D eigenvalue weighted by Gasteiger charge is 2.34. The van der Waals surface area contributed by atoms with E-state index < -0.39 is 0 Å². The van der Waals surface area contributed by atoms with E-state index >= 15 is 0 Å². The van der Waals surface area contributed by atoms with Gasteiger partial charge in [0.15, 0.2) is 0 Å². The summed E-state index contributed by atoms with van der Waals surface area (Å²) in [4.78, 5) is 40.3. The molecule has 1 aromatic rings. The predicted octanol–water partition coefficient (Wildman–Crippen LogP) is 0.896. The first-order valence-corrected chi connectivity index (χ1v) is 9.82. The normalized spacial score (nSPS) is 22.9. The molecule has 2 saturated heterocycles. The number of carbonyl (C=O) groups is 3. The van der Waals surface area contributed by atoms with Gasteiger partial charge < -0.3 is 15.5 Å². The van der Waals surface area contributed by atoms with Crippen molar-refractivity contribution in [1.82, 2.24) is 15.5 Å².